The summed E-state index contributed by atoms with van der Waals surface area (Å²) in [6.07, 6.45) is 0.719. The highest BCUT2D eigenvalue weighted by molar-refractivity contribution is 5.93. The number of esters is 2. The molecule has 1 heterocycles. The first-order valence-corrected chi connectivity index (χ1v) is 6.64. The van der Waals surface area contributed by atoms with Crippen molar-refractivity contribution in [3.05, 3.63) is 0 Å². The molecule has 0 radical (unpaired) electrons. The van der Waals surface area contributed by atoms with Crippen molar-refractivity contribution in [1.29, 1.82) is 0 Å². The number of amides is 2. The van der Waals surface area contributed by atoms with Crippen molar-refractivity contribution in [2.45, 2.75) is 38.3 Å². The number of hydrogen-bond donors (Lipinski definition) is 2. The summed E-state index contributed by atoms with van der Waals surface area (Å²) in [6, 6.07) is -1.62. The minimum Gasteiger partial charge on any atom is -0.469 e. The molecule has 2 N–H and O–H groups in total. The highest BCUT2D eigenvalue weighted by atomic mass is 16.5. The summed E-state index contributed by atoms with van der Waals surface area (Å²) in [7, 11) is 2.44. The van der Waals surface area contributed by atoms with Gasteiger partial charge in [-0.25, -0.2) is 4.79 Å². The number of methoxy groups -OCH3 is 2. The van der Waals surface area contributed by atoms with Gasteiger partial charge >= 0.3 is 11.9 Å². The van der Waals surface area contributed by atoms with Gasteiger partial charge in [0.15, 0.2) is 0 Å². The van der Waals surface area contributed by atoms with E-state index in [1.807, 2.05) is 0 Å². The molecule has 0 aliphatic carbocycles. The summed E-state index contributed by atoms with van der Waals surface area (Å²) in [6.45, 7) is 1.59. The topological polar surface area (TPSA) is 111 Å². The molecule has 0 spiro atoms. The fourth-order valence-electron chi connectivity index (χ4n) is 2.09. The van der Waals surface area contributed by atoms with Gasteiger partial charge in [-0.3, -0.25) is 14.4 Å². The number of rotatable bonds is 6. The molecule has 1 aliphatic rings. The fraction of sp³-hybridized carbons (Fsp3) is 0.692. The van der Waals surface area contributed by atoms with Gasteiger partial charge < -0.3 is 20.1 Å². The molecule has 1 saturated heterocycles. The molecule has 1 fully saturated rings. The van der Waals surface area contributed by atoms with Crippen LogP contribution in [0.2, 0.25) is 0 Å². The van der Waals surface area contributed by atoms with Crippen molar-refractivity contribution in [1.82, 2.24) is 10.6 Å². The summed E-state index contributed by atoms with van der Waals surface area (Å²) in [5, 5.41) is 5.01. The van der Waals surface area contributed by atoms with Crippen LogP contribution in [0.15, 0.2) is 0 Å². The fourth-order valence-corrected chi connectivity index (χ4v) is 2.09. The monoisotopic (exact) mass is 300 g/mol. The second-order valence-electron chi connectivity index (χ2n) is 4.90. The zero-order valence-electron chi connectivity index (χ0n) is 12.3. The van der Waals surface area contributed by atoms with Crippen LogP contribution in [0.4, 0.5) is 0 Å². The normalized spacial score (nSPS) is 20.1. The Kier molecular flexibility index (Phi) is 6.13. The molecule has 2 amide bonds. The second kappa shape index (κ2) is 7.61. The summed E-state index contributed by atoms with van der Waals surface area (Å²) in [5.74, 6) is -2.37. The van der Waals surface area contributed by atoms with Gasteiger partial charge in [-0.2, -0.15) is 0 Å². The Hall–Kier alpha value is -2.12. The van der Waals surface area contributed by atoms with Crippen LogP contribution in [-0.2, 0) is 28.7 Å². The average molecular weight is 300 g/mol. The molecule has 0 aromatic carbocycles. The van der Waals surface area contributed by atoms with Gasteiger partial charge in [0.2, 0.25) is 11.8 Å². The molecule has 8 nitrogen and oxygen atoms in total. The SMILES string of the molecule is COC(=O)[C@@H](C)C[C@@H](NC(=O)[C@H]1CCC(=O)N1)C(=O)OC. The maximum absolute atomic E-state index is 12.0. The maximum Gasteiger partial charge on any atom is 0.328 e. The Morgan fingerprint density at radius 3 is 2.38 bits per heavy atom. The van der Waals surface area contributed by atoms with E-state index in [0.717, 1.165) is 0 Å². The lowest BCUT2D eigenvalue weighted by Gasteiger charge is -2.21. The lowest BCUT2D eigenvalue weighted by atomic mass is 10.0. The highest BCUT2D eigenvalue weighted by Crippen LogP contribution is 2.11. The molecular formula is C13H20N2O6. The zero-order chi connectivity index (χ0) is 16.0. The van der Waals surface area contributed by atoms with E-state index in [-0.39, 0.29) is 18.7 Å². The Bertz CT molecular complexity index is 436. The maximum atomic E-state index is 12.0. The third-order valence-electron chi connectivity index (χ3n) is 3.31. The molecular weight excluding hydrogens is 280 g/mol. The van der Waals surface area contributed by atoms with Gasteiger partial charge in [0.1, 0.15) is 12.1 Å². The minimum atomic E-state index is -0.964. The van der Waals surface area contributed by atoms with E-state index in [9.17, 15) is 19.2 Å². The number of ether oxygens (including phenoxy) is 2. The Morgan fingerprint density at radius 1 is 1.29 bits per heavy atom. The Morgan fingerprint density at radius 2 is 1.90 bits per heavy atom. The van der Waals surface area contributed by atoms with Crippen LogP contribution in [0, 0.1) is 5.92 Å². The van der Waals surface area contributed by atoms with E-state index in [1.54, 1.807) is 6.92 Å². The second-order valence-corrected chi connectivity index (χ2v) is 4.90. The lowest BCUT2D eigenvalue weighted by Crippen LogP contribution is -2.50. The van der Waals surface area contributed by atoms with Crippen LogP contribution in [0.1, 0.15) is 26.2 Å². The number of nitrogens with one attached hydrogen (secondary N) is 2. The molecule has 0 aromatic rings. The molecule has 1 rings (SSSR count). The van der Waals surface area contributed by atoms with E-state index >= 15 is 0 Å². The van der Waals surface area contributed by atoms with Crippen LogP contribution >= 0.6 is 0 Å². The van der Waals surface area contributed by atoms with Crippen LogP contribution in [-0.4, -0.2) is 50.1 Å². The van der Waals surface area contributed by atoms with Crippen LogP contribution in [0.25, 0.3) is 0 Å². The smallest absolute Gasteiger partial charge is 0.328 e. The first kappa shape index (κ1) is 16.9. The molecule has 21 heavy (non-hydrogen) atoms. The van der Waals surface area contributed by atoms with E-state index < -0.39 is 35.8 Å². The third kappa shape index (κ3) is 4.73. The molecule has 0 aromatic heterocycles. The predicted molar refractivity (Wildman–Crippen MR) is 70.9 cm³/mol. The van der Waals surface area contributed by atoms with Gasteiger partial charge in [-0.05, 0) is 12.8 Å². The molecule has 1 aliphatic heterocycles. The van der Waals surface area contributed by atoms with Gasteiger partial charge in [0.05, 0.1) is 20.1 Å². The van der Waals surface area contributed by atoms with Crippen LogP contribution in [0.5, 0.6) is 0 Å². The molecule has 0 unspecified atom stereocenters. The van der Waals surface area contributed by atoms with E-state index in [2.05, 4.69) is 20.1 Å². The molecule has 3 atom stereocenters. The summed E-state index contributed by atoms with van der Waals surface area (Å²) in [5.41, 5.74) is 0. The lowest BCUT2D eigenvalue weighted by molar-refractivity contribution is -0.149. The summed E-state index contributed by atoms with van der Waals surface area (Å²) < 4.78 is 9.20. The highest BCUT2D eigenvalue weighted by Gasteiger charge is 2.32. The van der Waals surface area contributed by atoms with E-state index in [1.165, 1.54) is 14.2 Å². The first-order valence-electron chi connectivity index (χ1n) is 6.64. The van der Waals surface area contributed by atoms with E-state index in [0.29, 0.717) is 6.42 Å². The van der Waals surface area contributed by atoms with Crippen LogP contribution < -0.4 is 10.6 Å². The predicted octanol–water partition coefficient (Wildman–Crippen LogP) is -0.878. The quantitative estimate of drug-likeness (QED) is 0.616. The number of carbonyl (C=O) groups is 4. The molecule has 0 saturated carbocycles. The Balaban J connectivity index is 2.65. The third-order valence-corrected chi connectivity index (χ3v) is 3.31. The van der Waals surface area contributed by atoms with Gasteiger partial charge in [0, 0.05) is 6.42 Å². The van der Waals surface area contributed by atoms with Gasteiger partial charge in [-0.1, -0.05) is 6.92 Å². The first-order chi connectivity index (χ1) is 9.88. The van der Waals surface area contributed by atoms with Gasteiger partial charge in [0.25, 0.3) is 0 Å². The van der Waals surface area contributed by atoms with Crippen LogP contribution in [0.3, 0.4) is 0 Å². The molecule has 8 heteroatoms. The zero-order valence-corrected chi connectivity index (χ0v) is 12.3. The Labute approximate surface area is 122 Å². The number of carbonyl (C=O) groups excluding carboxylic acids is 4. The average Bonchev–Trinajstić information content (AvgIpc) is 2.91. The summed E-state index contributed by atoms with van der Waals surface area (Å²) >= 11 is 0. The largest absolute Gasteiger partial charge is 0.469 e. The standard InChI is InChI=1S/C13H20N2O6/c1-7(12(18)20-2)6-9(13(19)21-3)15-11(17)8-4-5-10(16)14-8/h7-9H,4-6H2,1-3H3,(H,14,16)(H,15,17)/t7-,8+,9+/m0/s1. The number of hydrogen-bond acceptors (Lipinski definition) is 6. The molecule has 118 valence electrons. The summed E-state index contributed by atoms with van der Waals surface area (Å²) in [4.78, 5) is 46.2. The minimum absolute atomic E-state index is 0.0613. The van der Waals surface area contributed by atoms with Gasteiger partial charge in [-0.15, -0.1) is 0 Å². The molecule has 0 bridgehead atoms. The van der Waals surface area contributed by atoms with Crippen molar-refractivity contribution < 1.29 is 28.7 Å². The van der Waals surface area contributed by atoms with Crippen molar-refractivity contribution in [2.24, 2.45) is 5.92 Å². The van der Waals surface area contributed by atoms with Crippen molar-refractivity contribution in [2.75, 3.05) is 14.2 Å². The van der Waals surface area contributed by atoms with Crippen molar-refractivity contribution in [3.63, 3.8) is 0 Å². The van der Waals surface area contributed by atoms with E-state index in [4.69, 9.17) is 0 Å². The van der Waals surface area contributed by atoms with Crippen molar-refractivity contribution >= 4 is 23.8 Å². The van der Waals surface area contributed by atoms with Crippen molar-refractivity contribution in [3.8, 4) is 0 Å².